The van der Waals surface area contributed by atoms with Gasteiger partial charge in [-0.1, -0.05) is 44.7 Å². The molecule has 0 unspecified atom stereocenters. The molecule has 6 heteroatoms. The third kappa shape index (κ3) is 7.04. The number of carbonyl (C=O) groups is 1. The number of benzene rings is 3. The number of rotatable bonds is 10. The van der Waals surface area contributed by atoms with Crippen LogP contribution in [0, 0.1) is 17.5 Å². The summed E-state index contributed by atoms with van der Waals surface area (Å²) in [6, 6.07) is 15.7. The first-order valence-electron chi connectivity index (χ1n) is 11.1. The number of esters is 1. The fourth-order valence-electron chi connectivity index (χ4n) is 3.29. The second kappa shape index (κ2) is 12.0. The smallest absolute Gasteiger partial charge is 0.343 e. The van der Waals surface area contributed by atoms with Gasteiger partial charge in [0.2, 0.25) is 0 Å². The van der Waals surface area contributed by atoms with Gasteiger partial charge in [-0.15, -0.1) is 0 Å². The van der Waals surface area contributed by atoms with E-state index in [2.05, 4.69) is 11.9 Å². The van der Waals surface area contributed by atoms with E-state index in [4.69, 9.17) is 4.74 Å². The Kier molecular flexibility index (Phi) is 8.81. The van der Waals surface area contributed by atoms with Crippen molar-refractivity contribution in [3.63, 3.8) is 0 Å². The monoisotopic (exact) mass is 453 g/mol. The minimum atomic E-state index is -1.56. The summed E-state index contributed by atoms with van der Waals surface area (Å²) in [4.78, 5) is 16.2. The summed E-state index contributed by atoms with van der Waals surface area (Å²) < 4.78 is 45.3. The molecule has 0 atom stereocenters. The van der Waals surface area contributed by atoms with Crippen LogP contribution in [0.1, 0.15) is 60.5 Å². The molecule has 0 N–H and O–H groups in total. The molecule has 0 saturated heterocycles. The van der Waals surface area contributed by atoms with Gasteiger partial charge in [0, 0.05) is 6.21 Å². The Hall–Kier alpha value is -3.41. The minimum Gasteiger partial charge on any atom is -0.423 e. The Labute approximate surface area is 191 Å². The number of unbranched alkanes of at least 4 members (excludes halogenated alkanes) is 4. The van der Waals surface area contributed by atoms with Crippen LogP contribution >= 0.6 is 0 Å². The van der Waals surface area contributed by atoms with E-state index in [1.54, 1.807) is 36.4 Å². The number of ether oxygens (including phenoxy) is 1. The summed E-state index contributed by atoms with van der Waals surface area (Å²) in [6.07, 6.45) is 8.41. The molecule has 0 heterocycles. The molecular formula is C27H26F3NO2. The number of hydrogen-bond donors (Lipinski definition) is 0. The molecule has 0 radical (unpaired) electrons. The molecule has 0 aliphatic heterocycles. The lowest BCUT2D eigenvalue weighted by molar-refractivity contribution is 0.0734. The van der Waals surface area contributed by atoms with Gasteiger partial charge in [-0.2, -0.15) is 0 Å². The van der Waals surface area contributed by atoms with Crippen LogP contribution in [0.2, 0.25) is 0 Å². The van der Waals surface area contributed by atoms with Gasteiger partial charge in [0.1, 0.15) is 11.4 Å². The summed E-state index contributed by atoms with van der Waals surface area (Å²) >= 11 is 0. The average Bonchev–Trinajstić information content (AvgIpc) is 2.83. The van der Waals surface area contributed by atoms with Gasteiger partial charge in [-0.05, 0) is 72.5 Å². The summed E-state index contributed by atoms with van der Waals surface area (Å²) in [5.74, 6) is -4.30. The number of nitrogens with zero attached hydrogens (tertiary/aromatic N) is 1. The molecule has 3 aromatic rings. The number of carbonyl (C=O) groups excluding carboxylic acids is 1. The first-order valence-corrected chi connectivity index (χ1v) is 11.1. The molecule has 3 rings (SSSR count). The fourth-order valence-corrected chi connectivity index (χ4v) is 3.29. The third-order valence-electron chi connectivity index (χ3n) is 5.22. The highest BCUT2D eigenvalue weighted by atomic mass is 19.2. The lowest BCUT2D eigenvalue weighted by Gasteiger charge is -2.06. The Morgan fingerprint density at radius 3 is 2.24 bits per heavy atom. The van der Waals surface area contributed by atoms with Gasteiger partial charge < -0.3 is 4.74 Å². The molecule has 0 aromatic heterocycles. The largest absolute Gasteiger partial charge is 0.423 e. The topological polar surface area (TPSA) is 38.7 Å². The van der Waals surface area contributed by atoms with Crippen molar-refractivity contribution in [3.05, 3.63) is 94.8 Å². The normalized spacial score (nSPS) is 11.2. The quantitative estimate of drug-likeness (QED) is 0.104. The lowest BCUT2D eigenvalue weighted by atomic mass is 10.0. The molecule has 0 aliphatic carbocycles. The molecule has 0 aliphatic rings. The minimum absolute atomic E-state index is 0.311. The molecule has 0 fully saturated rings. The van der Waals surface area contributed by atoms with E-state index < -0.39 is 23.4 Å². The predicted molar refractivity (Wildman–Crippen MR) is 124 cm³/mol. The zero-order chi connectivity index (χ0) is 23.6. The van der Waals surface area contributed by atoms with Crippen molar-refractivity contribution in [1.82, 2.24) is 0 Å². The maximum Gasteiger partial charge on any atom is 0.343 e. The third-order valence-corrected chi connectivity index (χ3v) is 5.22. The Morgan fingerprint density at radius 1 is 0.848 bits per heavy atom. The van der Waals surface area contributed by atoms with E-state index in [0.717, 1.165) is 25.0 Å². The van der Waals surface area contributed by atoms with Crippen LogP contribution in [0.15, 0.2) is 65.7 Å². The van der Waals surface area contributed by atoms with Crippen molar-refractivity contribution < 1.29 is 22.7 Å². The molecular weight excluding hydrogens is 427 g/mol. The van der Waals surface area contributed by atoms with Gasteiger partial charge in [0.15, 0.2) is 17.5 Å². The van der Waals surface area contributed by atoms with E-state index in [1.807, 2.05) is 12.1 Å². The number of aryl methyl sites for hydroxylation is 1. The van der Waals surface area contributed by atoms with E-state index in [-0.39, 0.29) is 5.69 Å². The first kappa shape index (κ1) is 24.2. The van der Waals surface area contributed by atoms with Crippen molar-refractivity contribution in [2.75, 3.05) is 0 Å². The van der Waals surface area contributed by atoms with Crippen LogP contribution in [-0.2, 0) is 6.42 Å². The molecule has 3 nitrogen and oxygen atoms in total. The highest BCUT2D eigenvalue weighted by molar-refractivity contribution is 5.91. The molecule has 33 heavy (non-hydrogen) atoms. The Balaban J connectivity index is 1.54. The van der Waals surface area contributed by atoms with Gasteiger partial charge in [0.05, 0.1) is 5.56 Å². The highest BCUT2D eigenvalue weighted by Gasteiger charge is 2.12. The average molecular weight is 454 g/mol. The van der Waals surface area contributed by atoms with Gasteiger partial charge in [-0.25, -0.2) is 18.0 Å². The van der Waals surface area contributed by atoms with Crippen LogP contribution in [-0.4, -0.2) is 12.2 Å². The van der Waals surface area contributed by atoms with E-state index in [1.165, 1.54) is 37.5 Å². The Bertz CT molecular complexity index is 1090. The highest BCUT2D eigenvalue weighted by Crippen LogP contribution is 2.22. The zero-order valence-electron chi connectivity index (χ0n) is 18.5. The number of hydrogen-bond acceptors (Lipinski definition) is 3. The van der Waals surface area contributed by atoms with Crippen molar-refractivity contribution in [1.29, 1.82) is 0 Å². The molecule has 172 valence electrons. The van der Waals surface area contributed by atoms with Crippen LogP contribution < -0.4 is 4.74 Å². The second-order valence-corrected chi connectivity index (χ2v) is 7.77. The molecule has 0 amide bonds. The fraction of sp³-hybridized carbons (Fsp3) is 0.259. The zero-order valence-corrected chi connectivity index (χ0v) is 18.5. The summed E-state index contributed by atoms with van der Waals surface area (Å²) in [7, 11) is 0. The molecule has 0 spiro atoms. The number of halogens is 3. The molecule has 0 bridgehead atoms. The second-order valence-electron chi connectivity index (χ2n) is 7.77. The maximum atomic E-state index is 13.7. The van der Waals surface area contributed by atoms with Gasteiger partial charge in [0.25, 0.3) is 0 Å². The van der Waals surface area contributed by atoms with E-state index >= 15 is 0 Å². The van der Waals surface area contributed by atoms with E-state index in [0.29, 0.717) is 16.9 Å². The lowest BCUT2D eigenvalue weighted by Crippen LogP contribution is -2.08. The van der Waals surface area contributed by atoms with Gasteiger partial charge >= 0.3 is 5.97 Å². The van der Waals surface area contributed by atoms with Crippen molar-refractivity contribution in [3.8, 4) is 5.75 Å². The summed E-state index contributed by atoms with van der Waals surface area (Å²) in [5.41, 5.74) is 1.92. The summed E-state index contributed by atoms with van der Waals surface area (Å²) in [6.45, 7) is 2.20. The van der Waals surface area contributed by atoms with E-state index in [9.17, 15) is 18.0 Å². The van der Waals surface area contributed by atoms with Crippen molar-refractivity contribution >= 4 is 17.9 Å². The van der Waals surface area contributed by atoms with Crippen LogP contribution in [0.4, 0.5) is 18.9 Å². The maximum absolute atomic E-state index is 13.7. The predicted octanol–water partition coefficient (Wildman–Crippen LogP) is 7.59. The standard InChI is InChI=1S/C27H26F3NO2/c1-2-3-4-5-6-7-19-8-12-21(13-9-19)27(32)33-22-14-10-20(11-15-22)18-31-24-17-16-23(28)25(29)26(24)30/h8-18H,2-7H2,1H3. The SMILES string of the molecule is CCCCCCCc1ccc(C(=O)Oc2ccc(C=Nc3ccc(F)c(F)c3F)cc2)cc1. The number of aliphatic imine (C=N–C) groups is 1. The molecule has 0 saturated carbocycles. The van der Waals surface area contributed by atoms with Crippen molar-refractivity contribution in [2.24, 2.45) is 4.99 Å². The van der Waals surface area contributed by atoms with Crippen LogP contribution in [0.5, 0.6) is 5.75 Å². The van der Waals surface area contributed by atoms with Gasteiger partial charge in [-0.3, -0.25) is 4.99 Å². The summed E-state index contributed by atoms with van der Waals surface area (Å²) in [5, 5.41) is 0. The molecule has 3 aromatic carbocycles. The Morgan fingerprint density at radius 2 is 1.55 bits per heavy atom. The van der Waals surface area contributed by atoms with Crippen LogP contribution in [0.25, 0.3) is 0 Å². The van der Waals surface area contributed by atoms with Crippen molar-refractivity contribution in [2.45, 2.75) is 45.4 Å². The first-order chi connectivity index (χ1) is 16.0. The van der Waals surface area contributed by atoms with Crippen LogP contribution in [0.3, 0.4) is 0 Å².